The summed E-state index contributed by atoms with van der Waals surface area (Å²) in [5.74, 6) is -0.779. The molecule has 7 heteroatoms. The summed E-state index contributed by atoms with van der Waals surface area (Å²) < 4.78 is 36.3. The van der Waals surface area contributed by atoms with Gasteiger partial charge >= 0.3 is 12.1 Å². The number of amides is 1. The molecule has 1 saturated heterocycles. The van der Waals surface area contributed by atoms with Crippen LogP contribution in [-0.2, 0) is 14.3 Å². The number of methoxy groups -OCH3 is 1. The summed E-state index contributed by atoms with van der Waals surface area (Å²) in [6.45, 7) is 3.15. The zero-order chi connectivity index (χ0) is 14.8. The number of carbonyl (C=O) groups is 2. The van der Waals surface area contributed by atoms with Crippen LogP contribution >= 0.6 is 0 Å². The Morgan fingerprint density at radius 3 is 2.42 bits per heavy atom. The SMILES string of the molecule is COC(=O)[C@@H]1CC(F)(CF)CN1C(=O)OC(C)(C)C. The van der Waals surface area contributed by atoms with Crippen LogP contribution in [0, 0.1) is 0 Å². The summed E-state index contributed by atoms with van der Waals surface area (Å²) in [5.41, 5.74) is -3.01. The molecule has 0 radical (unpaired) electrons. The molecule has 0 aromatic heterocycles. The Labute approximate surface area is 110 Å². The summed E-state index contributed by atoms with van der Waals surface area (Å²) in [7, 11) is 1.13. The third-order valence-corrected chi connectivity index (χ3v) is 2.73. The zero-order valence-electron chi connectivity index (χ0n) is 11.5. The number of hydrogen-bond donors (Lipinski definition) is 0. The summed E-state index contributed by atoms with van der Waals surface area (Å²) in [4.78, 5) is 24.3. The Balaban J connectivity index is 2.89. The van der Waals surface area contributed by atoms with Gasteiger partial charge in [-0.2, -0.15) is 0 Å². The van der Waals surface area contributed by atoms with Crippen LogP contribution in [0.25, 0.3) is 0 Å². The molecule has 1 rings (SSSR count). The van der Waals surface area contributed by atoms with Crippen molar-refractivity contribution in [3.05, 3.63) is 0 Å². The number of hydrogen-bond acceptors (Lipinski definition) is 4. The predicted octanol–water partition coefficient (Wildman–Crippen LogP) is 1.85. The van der Waals surface area contributed by atoms with Gasteiger partial charge in [-0.3, -0.25) is 4.90 Å². The largest absolute Gasteiger partial charge is 0.467 e. The van der Waals surface area contributed by atoms with Crippen LogP contribution in [-0.4, -0.2) is 54.6 Å². The molecule has 1 amide bonds. The molecule has 0 aromatic rings. The number of carbonyl (C=O) groups excluding carboxylic acids is 2. The van der Waals surface area contributed by atoms with E-state index >= 15 is 0 Å². The van der Waals surface area contributed by atoms with Crippen molar-refractivity contribution in [2.24, 2.45) is 0 Å². The van der Waals surface area contributed by atoms with Crippen molar-refractivity contribution in [1.82, 2.24) is 4.90 Å². The standard InChI is InChI=1S/C12H19F2NO4/c1-11(2,3)19-10(17)15-7-12(14,6-13)5-8(15)9(16)18-4/h8H,5-7H2,1-4H3/t8-,12?/m0/s1. The van der Waals surface area contributed by atoms with E-state index < -0.39 is 49.0 Å². The first kappa shape index (κ1) is 15.7. The van der Waals surface area contributed by atoms with Crippen LogP contribution in [0.1, 0.15) is 27.2 Å². The molecule has 5 nitrogen and oxygen atoms in total. The minimum absolute atomic E-state index is 0.421. The van der Waals surface area contributed by atoms with Gasteiger partial charge in [0.1, 0.15) is 18.3 Å². The highest BCUT2D eigenvalue weighted by Crippen LogP contribution is 2.33. The van der Waals surface area contributed by atoms with Crippen LogP contribution in [0.2, 0.25) is 0 Å². The molecular weight excluding hydrogens is 260 g/mol. The normalized spacial score (nSPS) is 27.3. The van der Waals surface area contributed by atoms with E-state index in [-0.39, 0.29) is 0 Å². The van der Waals surface area contributed by atoms with E-state index in [1.54, 1.807) is 20.8 Å². The van der Waals surface area contributed by atoms with Gasteiger partial charge in [-0.15, -0.1) is 0 Å². The van der Waals surface area contributed by atoms with E-state index in [1.807, 2.05) is 0 Å². The third-order valence-electron chi connectivity index (χ3n) is 2.73. The van der Waals surface area contributed by atoms with Crippen LogP contribution in [0.3, 0.4) is 0 Å². The monoisotopic (exact) mass is 279 g/mol. The molecule has 1 unspecified atom stereocenters. The van der Waals surface area contributed by atoms with Gasteiger partial charge in [-0.1, -0.05) is 0 Å². The van der Waals surface area contributed by atoms with Crippen molar-refractivity contribution >= 4 is 12.1 Å². The van der Waals surface area contributed by atoms with Crippen molar-refractivity contribution in [2.75, 3.05) is 20.3 Å². The first-order chi connectivity index (χ1) is 8.62. The van der Waals surface area contributed by atoms with E-state index in [1.165, 1.54) is 0 Å². The maximum Gasteiger partial charge on any atom is 0.411 e. The van der Waals surface area contributed by atoms with Gasteiger partial charge in [0.05, 0.1) is 13.7 Å². The van der Waals surface area contributed by atoms with Crippen LogP contribution in [0.4, 0.5) is 13.6 Å². The van der Waals surface area contributed by atoms with E-state index in [0.717, 1.165) is 12.0 Å². The lowest BCUT2D eigenvalue weighted by molar-refractivity contribution is -0.145. The number of nitrogens with zero attached hydrogens (tertiary/aromatic N) is 1. The van der Waals surface area contributed by atoms with Crippen molar-refractivity contribution < 1.29 is 27.8 Å². The summed E-state index contributed by atoms with van der Waals surface area (Å²) in [6, 6.07) is -1.15. The molecule has 0 saturated carbocycles. The lowest BCUT2D eigenvalue weighted by atomic mass is 10.0. The fourth-order valence-electron chi connectivity index (χ4n) is 1.89. The van der Waals surface area contributed by atoms with Crippen LogP contribution in [0.5, 0.6) is 0 Å². The van der Waals surface area contributed by atoms with Crippen molar-refractivity contribution in [1.29, 1.82) is 0 Å². The second kappa shape index (κ2) is 5.30. The average molecular weight is 279 g/mol. The van der Waals surface area contributed by atoms with Crippen LogP contribution < -0.4 is 0 Å². The topological polar surface area (TPSA) is 55.8 Å². The maximum absolute atomic E-state index is 14.0. The molecule has 0 aromatic carbocycles. The summed E-state index contributed by atoms with van der Waals surface area (Å²) in [6.07, 6.45) is -1.27. The van der Waals surface area contributed by atoms with Gasteiger partial charge in [-0.05, 0) is 20.8 Å². The van der Waals surface area contributed by atoms with Crippen molar-refractivity contribution in [2.45, 2.75) is 44.5 Å². The smallest absolute Gasteiger partial charge is 0.411 e. The quantitative estimate of drug-likeness (QED) is 0.724. The number of esters is 1. The van der Waals surface area contributed by atoms with E-state index in [9.17, 15) is 18.4 Å². The van der Waals surface area contributed by atoms with E-state index in [4.69, 9.17) is 4.74 Å². The van der Waals surface area contributed by atoms with Crippen LogP contribution in [0.15, 0.2) is 0 Å². The molecule has 110 valence electrons. The van der Waals surface area contributed by atoms with Gasteiger partial charge in [0.15, 0.2) is 5.67 Å². The molecular formula is C12H19F2NO4. The predicted molar refractivity (Wildman–Crippen MR) is 63.2 cm³/mol. The van der Waals surface area contributed by atoms with Crippen molar-refractivity contribution in [3.8, 4) is 0 Å². The lowest BCUT2D eigenvalue weighted by Gasteiger charge is -2.27. The Hall–Kier alpha value is -1.40. The van der Waals surface area contributed by atoms with Gasteiger partial charge in [0.2, 0.25) is 0 Å². The molecule has 0 N–H and O–H groups in total. The van der Waals surface area contributed by atoms with E-state index in [0.29, 0.717) is 0 Å². The summed E-state index contributed by atoms with van der Waals surface area (Å²) in [5, 5.41) is 0. The molecule has 1 heterocycles. The second-order valence-electron chi connectivity index (χ2n) is 5.64. The first-order valence-corrected chi connectivity index (χ1v) is 5.94. The number of likely N-dealkylation sites (tertiary alicyclic amines) is 1. The second-order valence-corrected chi connectivity index (χ2v) is 5.64. The molecule has 19 heavy (non-hydrogen) atoms. The first-order valence-electron chi connectivity index (χ1n) is 5.94. The number of halogens is 2. The molecule has 0 spiro atoms. The molecule has 0 aliphatic carbocycles. The zero-order valence-corrected chi connectivity index (χ0v) is 11.5. The Bertz CT molecular complexity index is 369. The highest BCUT2D eigenvalue weighted by Gasteiger charge is 2.51. The minimum atomic E-state index is -2.23. The minimum Gasteiger partial charge on any atom is -0.467 e. The average Bonchev–Trinajstić information content (AvgIpc) is 2.65. The molecule has 1 aliphatic heterocycles. The Morgan fingerprint density at radius 2 is 2.00 bits per heavy atom. The number of alkyl halides is 2. The van der Waals surface area contributed by atoms with Gasteiger partial charge in [-0.25, -0.2) is 18.4 Å². The molecule has 1 aliphatic rings. The highest BCUT2D eigenvalue weighted by molar-refractivity contribution is 5.82. The lowest BCUT2D eigenvalue weighted by Crippen LogP contribution is -2.44. The fourth-order valence-corrected chi connectivity index (χ4v) is 1.89. The Kier molecular flexibility index (Phi) is 4.37. The number of ether oxygens (including phenoxy) is 2. The van der Waals surface area contributed by atoms with E-state index in [2.05, 4.69) is 4.74 Å². The van der Waals surface area contributed by atoms with Gasteiger partial charge in [0.25, 0.3) is 0 Å². The molecule has 0 bridgehead atoms. The fraction of sp³-hybridized carbons (Fsp3) is 0.833. The number of rotatable bonds is 2. The van der Waals surface area contributed by atoms with Crippen molar-refractivity contribution in [3.63, 3.8) is 0 Å². The van der Waals surface area contributed by atoms with Gasteiger partial charge < -0.3 is 9.47 Å². The highest BCUT2D eigenvalue weighted by atomic mass is 19.2. The maximum atomic E-state index is 14.0. The third kappa shape index (κ3) is 3.78. The van der Waals surface area contributed by atoms with Gasteiger partial charge in [0, 0.05) is 6.42 Å². The Morgan fingerprint density at radius 1 is 1.42 bits per heavy atom. The molecule has 2 atom stereocenters. The molecule has 1 fully saturated rings. The summed E-state index contributed by atoms with van der Waals surface area (Å²) >= 11 is 0.